The van der Waals surface area contributed by atoms with Gasteiger partial charge in [0.05, 0.1) is 0 Å². The van der Waals surface area contributed by atoms with Crippen molar-refractivity contribution in [2.45, 2.75) is 51.9 Å². The molecule has 0 saturated carbocycles. The minimum atomic E-state index is -1.03. The van der Waals surface area contributed by atoms with Crippen molar-refractivity contribution < 1.29 is 42.7 Å². The number of nitrogens with zero attached hydrogens (tertiary/aromatic N) is 1. The smallest absolute Gasteiger partial charge is 0.304 e. The molecule has 1 aromatic carbocycles. The first-order valence-electron chi connectivity index (χ1n) is 10.7. The molecule has 2 heterocycles. The van der Waals surface area contributed by atoms with Crippen LogP contribution < -0.4 is 9.88 Å². The van der Waals surface area contributed by atoms with Gasteiger partial charge in [-0.05, 0) is 11.6 Å². The summed E-state index contributed by atoms with van der Waals surface area (Å²) in [5, 5.41) is 2.85. The number of nitrogens with one attached hydrogen (secondary N) is 1. The van der Waals surface area contributed by atoms with E-state index in [1.54, 1.807) is 29.1 Å². The van der Waals surface area contributed by atoms with Crippen molar-refractivity contribution >= 4 is 23.8 Å². The van der Waals surface area contributed by atoms with Gasteiger partial charge in [0.25, 0.3) is 5.91 Å². The molecule has 4 atom stereocenters. The fourth-order valence-electron chi connectivity index (χ4n) is 3.60. The summed E-state index contributed by atoms with van der Waals surface area (Å²) >= 11 is 0. The van der Waals surface area contributed by atoms with Crippen molar-refractivity contribution in [1.82, 2.24) is 5.32 Å². The van der Waals surface area contributed by atoms with Crippen LogP contribution in [0.5, 0.6) is 0 Å². The molecule has 180 valence electrons. The van der Waals surface area contributed by atoms with Crippen LogP contribution >= 0.6 is 0 Å². The molecular weight excluding hydrogens is 444 g/mol. The molecule has 2 aromatic rings. The van der Waals surface area contributed by atoms with Crippen LogP contribution in [0.15, 0.2) is 54.9 Å². The number of pyridine rings is 1. The molecule has 34 heavy (non-hydrogen) atoms. The van der Waals surface area contributed by atoms with Gasteiger partial charge in [-0.25, -0.2) is 0 Å². The van der Waals surface area contributed by atoms with Gasteiger partial charge in [-0.2, -0.15) is 4.57 Å². The highest BCUT2D eigenvalue weighted by Crippen LogP contribution is 2.31. The van der Waals surface area contributed by atoms with Gasteiger partial charge in [0.15, 0.2) is 18.5 Å². The second-order valence-corrected chi connectivity index (χ2v) is 7.72. The molecule has 0 radical (unpaired) electrons. The number of hydrogen-bond donors (Lipinski definition) is 1. The number of carbonyl (C=O) groups excluding carboxylic acids is 4. The van der Waals surface area contributed by atoms with E-state index in [0.717, 1.165) is 5.56 Å². The molecule has 1 fully saturated rings. The summed E-state index contributed by atoms with van der Waals surface area (Å²) in [6, 6.07) is 12.7. The van der Waals surface area contributed by atoms with Crippen molar-refractivity contribution in [3.63, 3.8) is 0 Å². The Kier molecular flexibility index (Phi) is 8.31. The summed E-state index contributed by atoms with van der Waals surface area (Å²) in [6.07, 6.45) is -0.696. The maximum Gasteiger partial charge on any atom is 0.304 e. The van der Waals surface area contributed by atoms with Gasteiger partial charge in [-0.1, -0.05) is 30.3 Å². The predicted molar refractivity (Wildman–Crippen MR) is 116 cm³/mol. The molecule has 10 heteroatoms. The van der Waals surface area contributed by atoms with E-state index in [9.17, 15) is 19.2 Å². The largest absolute Gasteiger partial charge is 0.463 e. The number of hydrogen-bond acceptors (Lipinski definition) is 8. The zero-order valence-electron chi connectivity index (χ0n) is 19.1. The number of ether oxygens (including phenoxy) is 4. The molecule has 1 aliphatic heterocycles. The standard InChI is InChI=1S/C24H26N2O8/c1-15(27)31-14-20-21(32-16(2)28)22(33-17(3)29)24(34-20)26-11-7-10-19(13-26)23(30)25-12-18-8-5-4-6-9-18/h4-11,13,20-22,24H,12,14H2,1-3H3/p+1/t20-,21-,22-,24-/m1/s1. The lowest BCUT2D eigenvalue weighted by Crippen LogP contribution is -2.48. The minimum Gasteiger partial charge on any atom is -0.463 e. The summed E-state index contributed by atoms with van der Waals surface area (Å²) in [5.41, 5.74) is 1.29. The zero-order valence-corrected chi connectivity index (χ0v) is 19.1. The van der Waals surface area contributed by atoms with Crippen molar-refractivity contribution in [3.05, 3.63) is 66.0 Å². The molecule has 1 aromatic heterocycles. The first-order valence-corrected chi connectivity index (χ1v) is 10.7. The molecule has 0 bridgehead atoms. The Morgan fingerprint density at radius 2 is 1.59 bits per heavy atom. The van der Waals surface area contributed by atoms with E-state index < -0.39 is 42.4 Å². The third-order valence-electron chi connectivity index (χ3n) is 5.01. The lowest BCUT2D eigenvalue weighted by atomic mass is 10.1. The second-order valence-electron chi connectivity index (χ2n) is 7.72. The molecule has 1 saturated heterocycles. The van der Waals surface area contributed by atoms with Gasteiger partial charge in [0, 0.05) is 33.4 Å². The zero-order chi connectivity index (χ0) is 24.7. The quantitative estimate of drug-likeness (QED) is 0.347. The average molecular weight is 471 g/mol. The molecule has 0 aliphatic carbocycles. The van der Waals surface area contributed by atoms with E-state index in [1.807, 2.05) is 30.3 Å². The summed E-state index contributed by atoms with van der Waals surface area (Å²) in [5.74, 6) is -2.07. The van der Waals surface area contributed by atoms with Gasteiger partial charge in [0.2, 0.25) is 6.10 Å². The highest BCUT2D eigenvalue weighted by Gasteiger charge is 2.54. The normalized spacial score (nSPS) is 21.4. The Balaban J connectivity index is 1.83. The summed E-state index contributed by atoms with van der Waals surface area (Å²) in [7, 11) is 0. The number of rotatable bonds is 8. The maximum absolute atomic E-state index is 12.7. The van der Waals surface area contributed by atoms with Crippen LogP contribution in [0.3, 0.4) is 0 Å². The van der Waals surface area contributed by atoms with Crippen LogP contribution in [0.4, 0.5) is 0 Å². The molecule has 0 unspecified atom stereocenters. The highest BCUT2D eigenvalue weighted by molar-refractivity contribution is 5.93. The highest BCUT2D eigenvalue weighted by atomic mass is 16.7. The lowest BCUT2D eigenvalue weighted by molar-refractivity contribution is -0.765. The van der Waals surface area contributed by atoms with Gasteiger partial charge < -0.3 is 24.3 Å². The summed E-state index contributed by atoms with van der Waals surface area (Å²) in [6.45, 7) is 3.82. The molecule has 10 nitrogen and oxygen atoms in total. The number of benzene rings is 1. The predicted octanol–water partition coefficient (Wildman–Crippen LogP) is 1.23. The maximum atomic E-state index is 12.7. The van der Waals surface area contributed by atoms with E-state index in [1.165, 1.54) is 20.8 Å². The van der Waals surface area contributed by atoms with Crippen LogP contribution in [-0.4, -0.2) is 48.7 Å². The third-order valence-corrected chi connectivity index (χ3v) is 5.01. The molecule has 1 amide bonds. The fourth-order valence-corrected chi connectivity index (χ4v) is 3.60. The Labute approximate surface area is 196 Å². The molecule has 0 spiro atoms. The van der Waals surface area contributed by atoms with E-state index in [2.05, 4.69) is 5.32 Å². The molecule has 1 aliphatic rings. The van der Waals surface area contributed by atoms with E-state index in [4.69, 9.17) is 18.9 Å². The third kappa shape index (κ3) is 6.61. The van der Waals surface area contributed by atoms with Crippen LogP contribution in [0.2, 0.25) is 0 Å². The Hall–Kier alpha value is -3.79. The van der Waals surface area contributed by atoms with Gasteiger partial charge in [0.1, 0.15) is 18.3 Å². The number of amides is 1. The van der Waals surface area contributed by atoms with Crippen molar-refractivity contribution in [3.8, 4) is 0 Å². The first-order chi connectivity index (χ1) is 16.2. The van der Waals surface area contributed by atoms with Crippen molar-refractivity contribution in [2.24, 2.45) is 0 Å². The van der Waals surface area contributed by atoms with Crippen molar-refractivity contribution in [2.75, 3.05) is 6.61 Å². The van der Waals surface area contributed by atoms with E-state index in [0.29, 0.717) is 12.1 Å². The number of esters is 3. The molecular formula is C24H27N2O8+. The van der Waals surface area contributed by atoms with Crippen molar-refractivity contribution in [1.29, 1.82) is 0 Å². The Morgan fingerprint density at radius 1 is 0.912 bits per heavy atom. The van der Waals surface area contributed by atoms with Crippen LogP contribution in [0.25, 0.3) is 0 Å². The lowest BCUT2D eigenvalue weighted by Gasteiger charge is -2.21. The Bertz CT molecular complexity index is 1040. The monoisotopic (exact) mass is 471 g/mol. The van der Waals surface area contributed by atoms with E-state index >= 15 is 0 Å². The van der Waals surface area contributed by atoms with Crippen LogP contribution in [-0.2, 0) is 39.9 Å². The number of aromatic nitrogens is 1. The van der Waals surface area contributed by atoms with Crippen LogP contribution in [0, 0.1) is 0 Å². The summed E-state index contributed by atoms with van der Waals surface area (Å²) < 4.78 is 23.4. The minimum absolute atomic E-state index is 0.209. The van der Waals surface area contributed by atoms with E-state index in [-0.39, 0.29) is 12.5 Å². The number of carbonyl (C=O) groups is 4. The average Bonchev–Trinajstić information content (AvgIpc) is 3.12. The first kappa shape index (κ1) is 24.8. The molecule has 3 rings (SSSR count). The van der Waals surface area contributed by atoms with Crippen LogP contribution in [0.1, 0.15) is 42.9 Å². The topological polar surface area (TPSA) is 121 Å². The molecule has 1 N–H and O–H groups in total. The summed E-state index contributed by atoms with van der Waals surface area (Å²) in [4.78, 5) is 47.5. The van der Waals surface area contributed by atoms with Gasteiger partial charge in [-0.15, -0.1) is 0 Å². The SMILES string of the molecule is CC(=O)OC[C@H]1O[C@@H]([n+]2cccc(C(=O)NCc3ccccc3)c2)[C@H](OC(C)=O)[C@@H]1OC(C)=O. The van der Waals surface area contributed by atoms with Gasteiger partial charge in [-0.3, -0.25) is 19.2 Å². The Morgan fingerprint density at radius 3 is 2.24 bits per heavy atom. The fraction of sp³-hybridized carbons (Fsp3) is 0.375. The van der Waals surface area contributed by atoms with Gasteiger partial charge >= 0.3 is 24.1 Å². The second kappa shape index (κ2) is 11.4.